The predicted octanol–water partition coefficient (Wildman–Crippen LogP) is 6.17. The number of ether oxygens (including phenoxy) is 2. The summed E-state index contributed by atoms with van der Waals surface area (Å²) in [5, 5.41) is 9.46. The van der Waals surface area contributed by atoms with Crippen LogP contribution in [0.3, 0.4) is 0 Å². The number of aromatic nitrogens is 2. The SMILES string of the molecule is CCCCCOc1ccc(Cn2c(C)nc3c(C)cc(OCCCC(=O)O)cc32)c(Cl)c1. The number of carboxylic acids is 1. The average Bonchev–Trinajstić information content (AvgIpc) is 3.06. The van der Waals surface area contributed by atoms with Crippen LogP contribution in [0.25, 0.3) is 11.0 Å². The van der Waals surface area contributed by atoms with Crippen molar-refractivity contribution in [2.24, 2.45) is 0 Å². The molecule has 0 fully saturated rings. The van der Waals surface area contributed by atoms with E-state index in [-0.39, 0.29) is 6.42 Å². The van der Waals surface area contributed by atoms with Crippen molar-refractivity contribution in [1.29, 1.82) is 0 Å². The van der Waals surface area contributed by atoms with Crippen molar-refractivity contribution in [3.8, 4) is 11.5 Å². The van der Waals surface area contributed by atoms with Crippen molar-refractivity contribution in [1.82, 2.24) is 9.55 Å². The normalized spacial score (nSPS) is 11.1. The van der Waals surface area contributed by atoms with Crippen molar-refractivity contribution in [2.45, 2.75) is 59.4 Å². The minimum atomic E-state index is -0.816. The topological polar surface area (TPSA) is 73.6 Å². The standard InChI is InChI=1S/C25H31ClN2O4/c1-4-5-6-11-31-20-10-9-19(22(26)14-20)16-28-18(3)27-25-17(2)13-21(15-23(25)28)32-12-7-8-24(29)30/h9-10,13-15H,4-8,11-12,16H2,1-3H3,(H,29,30). The average molecular weight is 459 g/mol. The number of hydrogen-bond acceptors (Lipinski definition) is 4. The Labute approximate surface area is 194 Å². The lowest BCUT2D eigenvalue weighted by Crippen LogP contribution is -2.04. The van der Waals surface area contributed by atoms with Gasteiger partial charge < -0.3 is 19.1 Å². The van der Waals surface area contributed by atoms with Gasteiger partial charge in [0, 0.05) is 17.5 Å². The number of hydrogen-bond donors (Lipinski definition) is 1. The van der Waals surface area contributed by atoms with Gasteiger partial charge in [-0.2, -0.15) is 0 Å². The highest BCUT2D eigenvalue weighted by Gasteiger charge is 2.14. The number of carboxylic acid groups (broad SMARTS) is 1. The molecule has 0 amide bonds. The number of unbranched alkanes of at least 4 members (excludes halogenated alkanes) is 2. The molecular weight excluding hydrogens is 428 g/mol. The van der Waals surface area contributed by atoms with Gasteiger partial charge in [0.1, 0.15) is 17.3 Å². The van der Waals surface area contributed by atoms with Crippen LogP contribution in [0.2, 0.25) is 5.02 Å². The van der Waals surface area contributed by atoms with E-state index in [1.54, 1.807) is 0 Å². The van der Waals surface area contributed by atoms with E-state index in [1.165, 1.54) is 0 Å². The van der Waals surface area contributed by atoms with Crippen LogP contribution in [0.1, 0.15) is 56.0 Å². The Hall–Kier alpha value is -2.73. The minimum Gasteiger partial charge on any atom is -0.494 e. The summed E-state index contributed by atoms with van der Waals surface area (Å²) < 4.78 is 13.7. The molecule has 2 aromatic carbocycles. The summed E-state index contributed by atoms with van der Waals surface area (Å²) in [6.07, 6.45) is 3.91. The van der Waals surface area contributed by atoms with E-state index < -0.39 is 5.97 Å². The van der Waals surface area contributed by atoms with Crippen molar-refractivity contribution < 1.29 is 19.4 Å². The zero-order valence-electron chi connectivity index (χ0n) is 19.0. The first kappa shape index (κ1) is 23.9. The number of benzene rings is 2. The lowest BCUT2D eigenvalue weighted by atomic mass is 10.1. The van der Waals surface area contributed by atoms with Gasteiger partial charge in [-0.05, 0) is 56.0 Å². The zero-order chi connectivity index (χ0) is 23.1. The molecule has 1 aromatic heterocycles. The van der Waals surface area contributed by atoms with Gasteiger partial charge in [0.05, 0.1) is 30.8 Å². The molecule has 1 heterocycles. The molecule has 0 saturated heterocycles. The van der Waals surface area contributed by atoms with E-state index in [4.69, 9.17) is 31.2 Å². The maximum atomic E-state index is 10.7. The van der Waals surface area contributed by atoms with E-state index in [2.05, 4.69) is 11.5 Å². The highest BCUT2D eigenvalue weighted by molar-refractivity contribution is 6.31. The number of aryl methyl sites for hydroxylation is 2. The lowest BCUT2D eigenvalue weighted by Gasteiger charge is -2.12. The van der Waals surface area contributed by atoms with Crippen LogP contribution >= 0.6 is 11.6 Å². The number of carbonyl (C=O) groups is 1. The number of rotatable bonds is 12. The molecule has 0 aliphatic heterocycles. The smallest absolute Gasteiger partial charge is 0.303 e. The third-order valence-corrected chi connectivity index (χ3v) is 5.73. The summed E-state index contributed by atoms with van der Waals surface area (Å²) in [6.45, 7) is 7.79. The summed E-state index contributed by atoms with van der Waals surface area (Å²) in [4.78, 5) is 15.4. The van der Waals surface area contributed by atoms with Crippen LogP contribution < -0.4 is 9.47 Å². The number of fused-ring (bicyclic) bond motifs is 1. The highest BCUT2D eigenvalue weighted by atomic mass is 35.5. The summed E-state index contributed by atoms with van der Waals surface area (Å²) >= 11 is 6.58. The number of imidazole rings is 1. The second kappa shape index (κ2) is 11.2. The third-order valence-electron chi connectivity index (χ3n) is 5.38. The van der Waals surface area contributed by atoms with Crippen molar-refractivity contribution in [2.75, 3.05) is 13.2 Å². The van der Waals surface area contributed by atoms with Crippen LogP contribution in [0.15, 0.2) is 30.3 Å². The zero-order valence-corrected chi connectivity index (χ0v) is 19.7. The van der Waals surface area contributed by atoms with Gasteiger partial charge in [0.25, 0.3) is 0 Å². The van der Waals surface area contributed by atoms with Gasteiger partial charge in [0.15, 0.2) is 0 Å². The maximum absolute atomic E-state index is 10.7. The monoisotopic (exact) mass is 458 g/mol. The van der Waals surface area contributed by atoms with Gasteiger partial charge in [-0.15, -0.1) is 0 Å². The van der Waals surface area contributed by atoms with Crippen LogP contribution in [0, 0.1) is 13.8 Å². The van der Waals surface area contributed by atoms with Gasteiger partial charge in [0.2, 0.25) is 0 Å². The molecular formula is C25H31ClN2O4. The fraction of sp³-hybridized carbons (Fsp3) is 0.440. The van der Waals surface area contributed by atoms with Crippen molar-refractivity contribution >= 4 is 28.6 Å². The second-order valence-corrected chi connectivity index (χ2v) is 8.41. The first-order valence-corrected chi connectivity index (χ1v) is 11.5. The minimum absolute atomic E-state index is 0.0923. The molecule has 0 spiro atoms. The molecule has 0 radical (unpaired) electrons. The van der Waals surface area contributed by atoms with Gasteiger partial charge in [-0.3, -0.25) is 4.79 Å². The predicted molar refractivity (Wildman–Crippen MR) is 127 cm³/mol. The van der Waals surface area contributed by atoms with E-state index in [0.29, 0.717) is 37.0 Å². The molecule has 32 heavy (non-hydrogen) atoms. The Morgan fingerprint density at radius 3 is 2.53 bits per heavy atom. The first-order chi connectivity index (χ1) is 15.4. The van der Waals surface area contributed by atoms with Crippen molar-refractivity contribution in [3.05, 3.63) is 52.3 Å². The Balaban J connectivity index is 1.77. The van der Waals surface area contributed by atoms with Crippen LogP contribution in [0.5, 0.6) is 11.5 Å². The van der Waals surface area contributed by atoms with Gasteiger partial charge in [-0.1, -0.05) is 37.4 Å². The Morgan fingerprint density at radius 1 is 1.06 bits per heavy atom. The molecule has 0 atom stereocenters. The van der Waals surface area contributed by atoms with Crippen molar-refractivity contribution in [3.63, 3.8) is 0 Å². The van der Waals surface area contributed by atoms with Crippen LogP contribution in [0.4, 0.5) is 0 Å². The Bertz CT molecular complexity index is 1080. The summed E-state index contributed by atoms with van der Waals surface area (Å²) in [5.74, 6) is 1.57. The molecule has 1 N–H and O–H groups in total. The van der Waals surface area contributed by atoms with E-state index in [0.717, 1.165) is 53.0 Å². The molecule has 0 unspecified atom stereocenters. The van der Waals surface area contributed by atoms with E-state index >= 15 is 0 Å². The Morgan fingerprint density at radius 2 is 1.81 bits per heavy atom. The largest absolute Gasteiger partial charge is 0.494 e. The molecule has 0 aliphatic rings. The van der Waals surface area contributed by atoms with E-state index in [9.17, 15) is 4.79 Å². The number of aliphatic carboxylic acids is 1. The maximum Gasteiger partial charge on any atom is 0.303 e. The molecule has 3 aromatic rings. The molecule has 7 heteroatoms. The Kier molecular flexibility index (Phi) is 8.39. The van der Waals surface area contributed by atoms with Gasteiger partial charge >= 0.3 is 5.97 Å². The first-order valence-electron chi connectivity index (χ1n) is 11.1. The highest BCUT2D eigenvalue weighted by Crippen LogP contribution is 2.29. The molecule has 0 saturated carbocycles. The number of halogens is 1. The van der Waals surface area contributed by atoms with Gasteiger partial charge in [-0.25, -0.2) is 4.98 Å². The summed E-state index contributed by atoms with van der Waals surface area (Å²) in [7, 11) is 0. The quantitative estimate of drug-likeness (QED) is 0.328. The molecule has 3 rings (SSSR count). The summed E-state index contributed by atoms with van der Waals surface area (Å²) in [5.41, 5.74) is 3.89. The second-order valence-electron chi connectivity index (χ2n) is 8.01. The molecule has 0 bridgehead atoms. The van der Waals surface area contributed by atoms with Crippen LogP contribution in [-0.4, -0.2) is 33.8 Å². The fourth-order valence-electron chi connectivity index (χ4n) is 3.63. The fourth-order valence-corrected chi connectivity index (χ4v) is 3.86. The molecule has 0 aliphatic carbocycles. The lowest BCUT2D eigenvalue weighted by molar-refractivity contribution is -0.137. The van der Waals surface area contributed by atoms with Crippen LogP contribution in [-0.2, 0) is 11.3 Å². The summed E-state index contributed by atoms with van der Waals surface area (Å²) in [6, 6.07) is 9.74. The van der Waals surface area contributed by atoms with E-state index in [1.807, 2.05) is 44.2 Å². The third kappa shape index (κ3) is 6.16. The number of nitrogens with zero attached hydrogens (tertiary/aromatic N) is 2. The molecule has 6 nitrogen and oxygen atoms in total. The molecule has 172 valence electrons.